The summed E-state index contributed by atoms with van der Waals surface area (Å²) in [7, 11) is 3.14. The summed E-state index contributed by atoms with van der Waals surface area (Å²) in [6.45, 7) is 3.25. The van der Waals surface area contributed by atoms with Gasteiger partial charge in [0.2, 0.25) is 5.91 Å². The zero-order valence-corrected chi connectivity index (χ0v) is 16.6. The number of rotatable bonds is 5. The van der Waals surface area contributed by atoms with Crippen LogP contribution in [0, 0.1) is 12.8 Å². The lowest BCUT2D eigenvalue weighted by Crippen LogP contribution is -2.41. The molecule has 1 aliphatic rings. The number of ether oxygens (including phenoxy) is 2. The SMILES string of the molecule is COc1ccc(NC(=O)[C@@H]2CCCN(c3ncnc4onc(C)c34)C2)cc1OC. The summed E-state index contributed by atoms with van der Waals surface area (Å²) in [4.78, 5) is 23.6. The number of anilines is 2. The summed E-state index contributed by atoms with van der Waals surface area (Å²) in [6.07, 6.45) is 3.17. The molecule has 3 aromatic rings. The molecule has 1 N–H and O–H groups in total. The maximum absolute atomic E-state index is 12.9. The van der Waals surface area contributed by atoms with E-state index in [1.807, 2.05) is 6.92 Å². The predicted molar refractivity (Wildman–Crippen MR) is 107 cm³/mol. The maximum Gasteiger partial charge on any atom is 0.263 e. The van der Waals surface area contributed by atoms with Gasteiger partial charge in [0.1, 0.15) is 17.5 Å². The van der Waals surface area contributed by atoms with Gasteiger partial charge in [-0.1, -0.05) is 5.16 Å². The summed E-state index contributed by atoms with van der Waals surface area (Å²) in [5, 5.41) is 7.77. The molecule has 0 radical (unpaired) electrons. The minimum atomic E-state index is -0.165. The van der Waals surface area contributed by atoms with Crippen LogP contribution >= 0.6 is 0 Å². The van der Waals surface area contributed by atoms with Crippen LogP contribution in [0.3, 0.4) is 0 Å². The van der Waals surface area contributed by atoms with Crippen molar-refractivity contribution in [1.82, 2.24) is 15.1 Å². The summed E-state index contributed by atoms with van der Waals surface area (Å²) in [5.41, 5.74) is 1.88. The molecular formula is C20H23N5O4. The summed E-state index contributed by atoms with van der Waals surface area (Å²) in [5.74, 6) is 1.75. The van der Waals surface area contributed by atoms with Crippen LogP contribution in [-0.2, 0) is 4.79 Å². The zero-order chi connectivity index (χ0) is 20.4. The Balaban J connectivity index is 1.51. The van der Waals surface area contributed by atoms with Crippen molar-refractivity contribution in [2.75, 3.05) is 37.5 Å². The molecule has 1 amide bonds. The van der Waals surface area contributed by atoms with E-state index in [0.717, 1.165) is 36.3 Å². The van der Waals surface area contributed by atoms with Crippen LogP contribution in [0.1, 0.15) is 18.5 Å². The van der Waals surface area contributed by atoms with Gasteiger partial charge in [-0.25, -0.2) is 4.98 Å². The molecule has 1 aromatic carbocycles. The summed E-state index contributed by atoms with van der Waals surface area (Å²) >= 11 is 0. The maximum atomic E-state index is 12.9. The highest BCUT2D eigenvalue weighted by atomic mass is 16.5. The lowest BCUT2D eigenvalue weighted by atomic mass is 9.96. The molecule has 3 heterocycles. The van der Waals surface area contributed by atoms with Crippen LogP contribution in [0.4, 0.5) is 11.5 Å². The molecule has 29 heavy (non-hydrogen) atoms. The highest BCUT2D eigenvalue weighted by Gasteiger charge is 2.28. The fourth-order valence-corrected chi connectivity index (χ4v) is 3.69. The first-order chi connectivity index (χ1) is 14.1. The van der Waals surface area contributed by atoms with E-state index in [-0.39, 0.29) is 11.8 Å². The Hall–Kier alpha value is -3.36. The fraction of sp³-hybridized carbons (Fsp3) is 0.400. The number of benzene rings is 1. The minimum Gasteiger partial charge on any atom is -0.493 e. The molecule has 0 aliphatic carbocycles. The molecule has 2 aromatic heterocycles. The molecule has 1 aliphatic heterocycles. The van der Waals surface area contributed by atoms with Crippen molar-refractivity contribution in [2.45, 2.75) is 19.8 Å². The second kappa shape index (κ2) is 7.94. The Kier molecular flexibility index (Phi) is 5.20. The number of amides is 1. The normalized spacial score (nSPS) is 16.7. The molecule has 4 rings (SSSR count). The van der Waals surface area contributed by atoms with Crippen LogP contribution < -0.4 is 19.7 Å². The number of aromatic nitrogens is 3. The van der Waals surface area contributed by atoms with Crippen molar-refractivity contribution in [1.29, 1.82) is 0 Å². The molecule has 1 fully saturated rings. The average molecular weight is 397 g/mol. The van der Waals surface area contributed by atoms with Gasteiger partial charge in [-0.05, 0) is 31.9 Å². The lowest BCUT2D eigenvalue weighted by molar-refractivity contribution is -0.120. The second-order valence-electron chi connectivity index (χ2n) is 6.99. The Bertz CT molecular complexity index is 1030. The quantitative estimate of drug-likeness (QED) is 0.701. The topological polar surface area (TPSA) is 103 Å². The molecule has 0 bridgehead atoms. The van der Waals surface area contributed by atoms with E-state index in [1.165, 1.54) is 6.33 Å². The molecule has 0 unspecified atom stereocenters. The third-order valence-electron chi connectivity index (χ3n) is 5.17. The van der Waals surface area contributed by atoms with E-state index >= 15 is 0 Å². The van der Waals surface area contributed by atoms with Gasteiger partial charge in [0.25, 0.3) is 5.71 Å². The molecule has 9 heteroatoms. The number of hydrogen-bond acceptors (Lipinski definition) is 8. The van der Waals surface area contributed by atoms with E-state index in [9.17, 15) is 4.79 Å². The van der Waals surface area contributed by atoms with Gasteiger partial charge in [-0.2, -0.15) is 4.98 Å². The van der Waals surface area contributed by atoms with Crippen LogP contribution in [0.2, 0.25) is 0 Å². The number of fused-ring (bicyclic) bond motifs is 1. The van der Waals surface area contributed by atoms with Crippen molar-refractivity contribution in [3.05, 3.63) is 30.2 Å². The number of aryl methyl sites for hydroxylation is 1. The number of nitrogens with zero attached hydrogens (tertiary/aromatic N) is 4. The molecule has 9 nitrogen and oxygen atoms in total. The van der Waals surface area contributed by atoms with Crippen LogP contribution in [-0.4, -0.2) is 48.3 Å². The Morgan fingerprint density at radius 2 is 2.07 bits per heavy atom. The van der Waals surface area contributed by atoms with E-state index < -0.39 is 0 Å². The Labute approximate surface area is 168 Å². The van der Waals surface area contributed by atoms with Gasteiger partial charge < -0.3 is 24.2 Å². The third kappa shape index (κ3) is 3.67. The van der Waals surface area contributed by atoms with Gasteiger partial charge in [-0.15, -0.1) is 0 Å². The van der Waals surface area contributed by atoms with E-state index in [2.05, 4.69) is 25.3 Å². The van der Waals surface area contributed by atoms with Crippen molar-refractivity contribution in [3.63, 3.8) is 0 Å². The van der Waals surface area contributed by atoms with Gasteiger partial charge in [-0.3, -0.25) is 4.79 Å². The van der Waals surface area contributed by atoms with Crippen molar-refractivity contribution >= 4 is 28.5 Å². The number of hydrogen-bond donors (Lipinski definition) is 1. The highest BCUT2D eigenvalue weighted by Crippen LogP contribution is 2.32. The first-order valence-electron chi connectivity index (χ1n) is 9.45. The number of nitrogens with one attached hydrogen (secondary N) is 1. The van der Waals surface area contributed by atoms with Crippen LogP contribution in [0.15, 0.2) is 29.0 Å². The second-order valence-corrected chi connectivity index (χ2v) is 6.99. The number of piperidine rings is 1. The van der Waals surface area contributed by atoms with Crippen LogP contribution in [0.25, 0.3) is 11.1 Å². The predicted octanol–water partition coefficient (Wildman–Crippen LogP) is 2.80. The standard InChI is InChI=1S/C20H23N5O4/c1-12-17-18(21-11-22-20(17)29-24-12)25-8-4-5-13(10-25)19(26)23-14-6-7-15(27-2)16(9-14)28-3/h6-7,9,11,13H,4-5,8,10H2,1-3H3,(H,23,26)/t13-/m1/s1. The first kappa shape index (κ1) is 19.0. The third-order valence-corrected chi connectivity index (χ3v) is 5.17. The lowest BCUT2D eigenvalue weighted by Gasteiger charge is -2.33. The van der Waals surface area contributed by atoms with Crippen molar-refractivity contribution in [2.24, 2.45) is 5.92 Å². The first-order valence-corrected chi connectivity index (χ1v) is 9.45. The monoisotopic (exact) mass is 397 g/mol. The Morgan fingerprint density at radius 1 is 1.24 bits per heavy atom. The molecule has 0 spiro atoms. The van der Waals surface area contributed by atoms with Gasteiger partial charge >= 0.3 is 0 Å². The summed E-state index contributed by atoms with van der Waals surface area (Å²) in [6, 6.07) is 5.33. The van der Waals surface area contributed by atoms with E-state index in [4.69, 9.17) is 14.0 Å². The van der Waals surface area contributed by atoms with Crippen LogP contribution in [0.5, 0.6) is 11.5 Å². The largest absolute Gasteiger partial charge is 0.493 e. The number of carbonyl (C=O) groups excluding carboxylic acids is 1. The van der Waals surface area contributed by atoms with Crippen molar-refractivity contribution in [3.8, 4) is 11.5 Å². The number of carbonyl (C=O) groups is 1. The highest BCUT2D eigenvalue weighted by molar-refractivity contribution is 5.94. The van der Waals surface area contributed by atoms with Gasteiger partial charge in [0, 0.05) is 24.8 Å². The molecule has 1 atom stereocenters. The van der Waals surface area contributed by atoms with E-state index in [1.54, 1.807) is 32.4 Å². The van der Waals surface area contributed by atoms with E-state index in [0.29, 0.717) is 29.4 Å². The fourth-order valence-electron chi connectivity index (χ4n) is 3.69. The molecular weight excluding hydrogens is 374 g/mol. The van der Waals surface area contributed by atoms with Gasteiger partial charge in [0.15, 0.2) is 11.5 Å². The average Bonchev–Trinajstić information content (AvgIpc) is 3.14. The Morgan fingerprint density at radius 3 is 2.86 bits per heavy atom. The zero-order valence-electron chi connectivity index (χ0n) is 16.6. The van der Waals surface area contributed by atoms with Crippen molar-refractivity contribution < 1.29 is 18.8 Å². The smallest absolute Gasteiger partial charge is 0.263 e. The molecule has 152 valence electrons. The summed E-state index contributed by atoms with van der Waals surface area (Å²) < 4.78 is 15.8. The molecule has 1 saturated heterocycles. The molecule has 0 saturated carbocycles. The minimum absolute atomic E-state index is 0.0331. The number of methoxy groups -OCH3 is 2. The van der Waals surface area contributed by atoms with Gasteiger partial charge in [0.05, 0.1) is 25.8 Å².